The number of nitrogens with zero attached hydrogens (tertiary/aromatic N) is 1. The normalized spacial score (nSPS) is 15.8. The monoisotopic (exact) mass is 400 g/mol. The van der Waals surface area contributed by atoms with Gasteiger partial charge < -0.3 is 15.3 Å². The van der Waals surface area contributed by atoms with Crippen LogP contribution in [0.1, 0.15) is 44.2 Å². The molecule has 3 aromatic carbocycles. The van der Waals surface area contributed by atoms with Gasteiger partial charge in [0.2, 0.25) is 0 Å². The van der Waals surface area contributed by atoms with Crippen molar-refractivity contribution in [3.05, 3.63) is 95.1 Å². The zero-order valence-corrected chi connectivity index (χ0v) is 16.8. The number of hydrogen-bond acceptors (Lipinski definition) is 3. The second-order valence-electron chi connectivity index (χ2n) is 7.70. The molecule has 0 radical (unpaired) electrons. The van der Waals surface area contributed by atoms with E-state index in [-0.39, 0.29) is 11.5 Å². The Balaban J connectivity index is 1.53. The van der Waals surface area contributed by atoms with Gasteiger partial charge in [0.15, 0.2) is 0 Å². The van der Waals surface area contributed by atoms with Crippen LogP contribution in [0, 0.1) is 6.92 Å². The van der Waals surface area contributed by atoms with Crippen LogP contribution in [0.15, 0.2) is 72.8 Å². The summed E-state index contributed by atoms with van der Waals surface area (Å²) in [4.78, 5) is 26.5. The van der Waals surface area contributed by atoms with Crippen molar-refractivity contribution in [2.75, 3.05) is 23.3 Å². The van der Waals surface area contributed by atoms with E-state index < -0.39 is 5.97 Å². The highest BCUT2D eigenvalue weighted by molar-refractivity contribution is 6.05. The molecule has 1 heterocycles. The molecule has 5 heteroatoms. The van der Waals surface area contributed by atoms with E-state index in [4.69, 9.17) is 0 Å². The summed E-state index contributed by atoms with van der Waals surface area (Å²) in [5.41, 5.74) is 4.24. The Bertz CT molecular complexity index is 1060. The second kappa shape index (κ2) is 8.41. The zero-order valence-electron chi connectivity index (χ0n) is 16.8. The number of hydrogen-bond donors (Lipinski definition) is 2. The van der Waals surface area contributed by atoms with Crippen molar-refractivity contribution in [2.24, 2.45) is 0 Å². The first-order chi connectivity index (χ1) is 14.5. The molecular formula is C25H24N2O3. The molecular weight excluding hydrogens is 376 g/mol. The molecule has 0 bridgehead atoms. The van der Waals surface area contributed by atoms with Crippen LogP contribution in [0.4, 0.5) is 11.4 Å². The van der Waals surface area contributed by atoms with Crippen molar-refractivity contribution >= 4 is 23.3 Å². The van der Waals surface area contributed by atoms with Crippen LogP contribution in [0.5, 0.6) is 0 Å². The van der Waals surface area contributed by atoms with Gasteiger partial charge in [-0.2, -0.15) is 0 Å². The summed E-state index contributed by atoms with van der Waals surface area (Å²) in [6.45, 7) is 3.54. The predicted molar refractivity (Wildman–Crippen MR) is 119 cm³/mol. The Kier molecular flexibility index (Phi) is 5.53. The summed E-state index contributed by atoms with van der Waals surface area (Å²) in [5.74, 6) is -0.877. The number of anilines is 2. The van der Waals surface area contributed by atoms with Gasteiger partial charge in [-0.25, -0.2) is 4.79 Å². The molecule has 0 aromatic heterocycles. The molecule has 0 saturated carbocycles. The first-order valence-electron chi connectivity index (χ1n) is 10.1. The van der Waals surface area contributed by atoms with Gasteiger partial charge >= 0.3 is 5.97 Å². The Morgan fingerprint density at radius 2 is 1.73 bits per heavy atom. The average Bonchev–Trinajstić information content (AvgIpc) is 3.25. The van der Waals surface area contributed by atoms with Crippen LogP contribution in [0.2, 0.25) is 0 Å². The van der Waals surface area contributed by atoms with Crippen molar-refractivity contribution in [3.8, 4) is 0 Å². The number of amides is 1. The standard InChI is InChI=1S/C25H24N2O3/c1-17-7-9-19(10-8-17)24(28)26-21-11-12-23(22(15-21)25(29)30)27-14-13-20(16-27)18-5-3-2-4-6-18/h2-12,15,20H,13-14,16H2,1H3,(H,26,28)(H,29,30)/t20-/m0/s1. The Labute approximate surface area is 176 Å². The van der Waals surface area contributed by atoms with Gasteiger partial charge in [0.05, 0.1) is 11.3 Å². The quantitative estimate of drug-likeness (QED) is 0.636. The SMILES string of the molecule is Cc1ccc(C(=O)Nc2ccc(N3CC[C@H](c4ccccc4)C3)c(C(=O)O)c2)cc1. The number of benzene rings is 3. The van der Waals surface area contributed by atoms with Gasteiger partial charge in [0.25, 0.3) is 5.91 Å². The number of carbonyl (C=O) groups excluding carboxylic acids is 1. The minimum Gasteiger partial charge on any atom is -0.478 e. The third kappa shape index (κ3) is 4.20. The number of aromatic carboxylic acids is 1. The van der Waals surface area contributed by atoms with Crippen molar-refractivity contribution in [1.29, 1.82) is 0 Å². The molecule has 30 heavy (non-hydrogen) atoms. The van der Waals surface area contributed by atoms with Crippen LogP contribution in [-0.4, -0.2) is 30.1 Å². The van der Waals surface area contributed by atoms with Gasteiger partial charge in [-0.3, -0.25) is 4.79 Å². The molecule has 3 aromatic rings. The number of carboxylic acid groups (broad SMARTS) is 1. The maximum Gasteiger partial charge on any atom is 0.337 e. The Hall–Kier alpha value is -3.60. The van der Waals surface area contributed by atoms with Crippen LogP contribution < -0.4 is 10.2 Å². The number of aryl methyl sites for hydroxylation is 1. The largest absolute Gasteiger partial charge is 0.478 e. The van der Waals surface area contributed by atoms with E-state index in [1.54, 1.807) is 30.3 Å². The number of carboxylic acids is 1. The third-order valence-electron chi connectivity index (χ3n) is 5.60. The van der Waals surface area contributed by atoms with Gasteiger partial charge in [-0.15, -0.1) is 0 Å². The van der Waals surface area contributed by atoms with E-state index in [1.165, 1.54) is 5.56 Å². The van der Waals surface area contributed by atoms with E-state index >= 15 is 0 Å². The lowest BCUT2D eigenvalue weighted by molar-refractivity contribution is 0.0697. The molecule has 5 nitrogen and oxygen atoms in total. The van der Waals surface area contributed by atoms with Crippen LogP contribution in [-0.2, 0) is 0 Å². The smallest absolute Gasteiger partial charge is 0.337 e. The van der Waals surface area contributed by atoms with Gasteiger partial charge in [-0.1, -0.05) is 48.0 Å². The first-order valence-corrected chi connectivity index (χ1v) is 10.1. The zero-order chi connectivity index (χ0) is 21.1. The third-order valence-corrected chi connectivity index (χ3v) is 5.60. The molecule has 1 fully saturated rings. The predicted octanol–water partition coefficient (Wildman–Crippen LogP) is 4.94. The van der Waals surface area contributed by atoms with E-state index in [1.807, 2.05) is 37.3 Å². The molecule has 152 valence electrons. The van der Waals surface area contributed by atoms with Crippen molar-refractivity contribution in [1.82, 2.24) is 0 Å². The highest BCUT2D eigenvalue weighted by Gasteiger charge is 2.27. The molecule has 0 aliphatic carbocycles. The molecule has 1 aliphatic rings. The van der Waals surface area contributed by atoms with E-state index in [0.717, 1.165) is 25.1 Å². The van der Waals surface area contributed by atoms with Crippen LogP contribution >= 0.6 is 0 Å². The second-order valence-corrected chi connectivity index (χ2v) is 7.70. The topological polar surface area (TPSA) is 69.6 Å². The van der Waals surface area contributed by atoms with E-state index in [9.17, 15) is 14.7 Å². The highest BCUT2D eigenvalue weighted by atomic mass is 16.4. The lowest BCUT2D eigenvalue weighted by atomic mass is 9.99. The molecule has 1 aliphatic heterocycles. The minimum atomic E-state index is -1.00. The van der Waals surface area contributed by atoms with Crippen molar-refractivity contribution in [2.45, 2.75) is 19.3 Å². The van der Waals surface area contributed by atoms with Gasteiger partial charge in [0.1, 0.15) is 0 Å². The fourth-order valence-corrected chi connectivity index (χ4v) is 3.95. The molecule has 0 unspecified atom stereocenters. The number of nitrogens with one attached hydrogen (secondary N) is 1. The maximum atomic E-state index is 12.5. The summed E-state index contributed by atoms with van der Waals surface area (Å²) in [7, 11) is 0. The molecule has 2 N–H and O–H groups in total. The Morgan fingerprint density at radius 1 is 1.00 bits per heavy atom. The average molecular weight is 400 g/mol. The van der Waals surface area contributed by atoms with Crippen LogP contribution in [0.25, 0.3) is 0 Å². The molecule has 4 rings (SSSR count). The summed E-state index contributed by atoms with van der Waals surface area (Å²) >= 11 is 0. The van der Waals surface area contributed by atoms with Crippen LogP contribution in [0.3, 0.4) is 0 Å². The summed E-state index contributed by atoms with van der Waals surface area (Å²) in [6, 6.07) is 22.7. The first kappa shape index (κ1) is 19.7. The van der Waals surface area contributed by atoms with E-state index in [0.29, 0.717) is 22.9 Å². The minimum absolute atomic E-state index is 0.199. The fourth-order valence-electron chi connectivity index (χ4n) is 3.95. The lowest BCUT2D eigenvalue weighted by Crippen LogP contribution is -2.22. The fraction of sp³-hybridized carbons (Fsp3) is 0.200. The summed E-state index contributed by atoms with van der Waals surface area (Å²) in [6.07, 6.45) is 0.981. The lowest BCUT2D eigenvalue weighted by Gasteiger charge is -2.21. The van der Waals surface area contributed by atoms with Crippen molar-refractivity contribution < 1.29 is 14.7 Å². The van der Waals surface area contributed by atoms with Gasteiger partial charge in [0, 0.05) is 30.3 Å². The summed E-state index contributed by atoms with van der Waals surface area (Å²) in [5, 5.41) is 12.6. The molecule has 0 spiro atoms. The van der Waals surface area contributed by atoms with E-state index in [2.05, 4.69) is 22.3 Å². The number of carbonyl (C=O) groups is 2. The molecule has 1 saturated heterocycles. The molecule has 1 atom stereocenters. The van der Waals surface area contributed by atoms with Crippen molar-refractivity contribution in [3.63, 3.8) is 0 Å². The van der Waals surface area contributed by atoms with Gasteiger partial charge in [-0.05, 0) is 49.2 Å². The molecule has 1 amide bonds. The number of rotatable bonds is 5. The highest BCUT2D eigenvalue weighted by Crippen LogP contribution is 2.33. The Morgan fingerprint density at radius 3 is 2.43 bits per heavy atom. The maximum absolute atomic E-state index is 12.5. The summed E-state index contributed by atoms with van der Waals surface area (Å²) < 4.78 is 0.